The fraction of sp³-hybridized carbons (Fsp3) is 0.778. The molecular weight excluding hydrogens is 292 g/mol. The Morgan fingerprint density at radius 2 is 1.61 bits per heavy atom. The molecule has 0 aromatic carbocycles. The number of carbonyl (C=O) groups is 2. The Morgan fingerprint density at radius 1 is 1.09 bits per heavy atom. The lowest BCUT2D eigenvalue weighted by Gasteiger charge is -2.30. The van der Waals surface area contributed by atoms with E-state index in [-0.39, 0.29) is 12.5 Å². The molecule has 0 radical (unpaired) electrons. The summed E-state index contributed by atoms with van der Waals surface area (Å²) in [5.41, 5.74) is -1.16. The van der Waals surface area contributed by atoms with Gasteiger partial charge in [0.15, 0.2) is 0 Å². The van der Waals surface area contributed by atoms with Gasteiger partial charge in [0, 0.05) is 19.6 Å². The highest BCUT2D eigenvalue weighted by atomic mass is 16.6. The number of hydrogen-bond donors (Lipinski definition) is 1. The molecule has 0 aromatic rings. The third-order valence-corrected chi connectivity index (χ3v) is 4.56. The Bertz CT molecular complexity index is 475. The van der Waals surface area contributed by atoms with Crippen LogP contribution in [0.3, 0.4) is 0 Å². The van der Waals surface area contributed by atoms with Crippen molar-refractivity contribution >= 4 is 12.0 Å². The number of amides is 2. The second-order valence-corrected chi connectivity index (χ2v) is 8.41. The molecule has 0 saturated carbocycles. The summed E-state index contributed by atoms with van der Waals surface area (Å²) in [6.45, 7) is 11.2. The van der Waals surface area contributed by atoms with Crippen molar-refractivity contribution in [3.63, 3.8) is 0 Å². The highest BCUT2D eigenvalue weighted by molar-refractivity contribution is 5.83. The number of hydrogen-bond acceptors (Lipinski definition) is 3. The fourth-order valence-corrected chi connectivity index (χ4v) is 3.29. The van der Waals surface area contributed by atoms with E-state index in [2.05, 4.69) is 17.5 Å². The molecule has 0 spiro atoms. The summed E-state index contributed by atoms with van der Waals surface area (Å²) < 4.78 is 5.23. The molecule has 1 heterocycles. The van der Waals surface area contributed by atoms with Crippen LogP contribution >= 0.6 is 0 Å². The van der Waals surface area contributed by atoms with Crippen LogP contribution in [0, 0.1) is 17.3 Å². The van der Waals surface area contributed by atoms with Gasteiger partial charge in [-0.05, 0) is 59.3 Å². The van der Waals surface area contributed by atoms with Gasteiger partial charge in [0.2, 0.25) is 5.91 Å². The smallest absolute Gasteiger partial charge is 0.407 e. The van der Waals surface area contributed by atoms with Crippen LogP contribution in [0.25, 0.3) is 0 Å². The first-order valence-electron chi connectivity index (χ1n) is 8.50. The molecule has 1 aliphatic carbocycles. The number of ether oxygens (including phenoxy) is 1. The number of carbonyl (C=O) groups excluding carboxylic acids is 2. The molecule has 5 nitrogen and oxygen atoms in total. The number of nitrogens with one attached hydrogen (secondary N) is 1. The van der Waals surface area contributed by atoms with E-state index in [0.717, 1.165) is 25.9 Å². The Balaban J connectivity index is 1.87. The van der Waals surface area contributed by atoms with Crippen molar-refractivity contribution in [3.05, 3.63) is 12.2 Å². The van der Waals surface area contributed by atoms with Gasteiger partial charge in [-0.25, -0.2) is 4.79 Å². The molecule has 0 bridgehead atoms. The van der Waals surface area contributed by atoms with E-state index in [4.69, 9.17) is 4.74 Å². The molecule has 5 heteroatoms. The van der Waals surface area contributed by atoms with E-state index in [9.17, 15) is 9.59 Å². The van der Waals surface area contributed by atoms with Gasteiger partial charge in [-0.2, -0.15) is 0 Å². The van der Waals surface area contributed by atoms with Crippen LogP contribution in [0.1, 0.15) is 47.5 Å². The summed E-state index contributed by atoms with van der Waals surface area (Å²) in [6, 6.07) is 0. The van der Waals surface area contributed by atoms with Crippen LogP contribution in [0.15, 0.2) is 12.2 Å². The largest absolute Gasteiger partial charge is 0.444 e. The summed E-state index contributed by atoms with van der Waals surface area (Å²) in [6.07, 6.45) is 6.13. The molecule has 1 saturated heterocycles. The molecule has 2 aliphatic rings. The number of alkyl carbamates (subject to hydrolysis) is 1. The number of nitrogens with zero attached hydrogens (tertiary/aromatic N) is 1. The molecule has 2 rings (SSSR count). The van der Waals surface area contributed by atoms with E-state index in [1.807, 2.05) is 39.5 Å². The van der Waals surface area contributed by atoms with Gasteiger partial charge < -0.3 is 15.0 Å². The molecule has 0 unspecified atom stereocenters. The highest BCUT2D eigenvalue weighted by Crippen LogP contribution is 2.34. The van der Waals surface area contributed by atoms with Gasteiger partial charge in [-0.1, -0.05) is 12.2 Å². The first-order chi connectivity index (χ1) is 10.6. The Kier molecular flexibility index (Phi) is 5.07. The SMILES string of the molecule is CC(C)(C)OC(=O)NCC(C)(C)C(=O)N1C[C@H]2CC=CC[C@H]2C1. The van der Waals surface area contributed by atoms with E-state index >= 15 is 0 Å². The first-order valence-corrected chi connectivity index (χ1v) is 8.50. The average Bonchev–Trinajstić information content (AvgIpc) is 2.86. The van der Waals surface area contributed by atoms with Crippen LogP contribution in [0.2, 0.25) is 0 Å². The summed E-state index contributed by atoms with van der Waals surface area (Å²) in [5, 5.41) is 2.73. The lowest BCUT2D eigenvalue weighted by Crippen LogP contribution is -2.47. The van der Waals surface area contributed by atoms with E-state index in [0.29, 0.717) is 11.8 Å². The van der Waals surface area contributed by atoms with Gasteiger partial charge in [0.25, 0.3) is 0 Å². The van der Waals surface area contributed by atoms with E-state index in [1.54, 1.807) is 0 Å². The summed E-state index contributed by atoms with van der Waals surface area (Å²) >= 11 is 0. The minimum Gasteiger partial charge on any atom is -0.444 e. The van der Waals surface area contributed by atoms with Crippen molar-refractivity contribution in [3.8, 4) is 0 Å². The highest BCUT2D eigenvalue weighted by Gasteiger charge is 2.40. The van der Waals surface area contributed by atoms with Crippen LogP contribution in [-0.4, -0.2) is 42.1 Å². The first kappa shape index (κ1) is 17.8. The molecule has 130 valence electrons. The standard InChI is InChI=1S/C18H30N2O3/c1-17(2,3)23-16(22)19-12-18(4,5)15(21)20-10-13-8-6-7-9-14(13)11-20/h6-7,13-14H,8-12H2,1-5H3,(H,19,22)/t13-,14+. The van der Waals surface area contributed by atoms with Crippen molar-refractivity contribution in [2.45, 2.75) is 53.1 Å². The lowest BCUT2D eigenvalue weighted by molar-refractivity contribution is -0.139. The number of rotatable bonds is 3. The maximum atomic E-state index is 12.8. The van der Waals surface area contributed by atoms with Crippen LogP contribution in [0.4, 0.5) is 4.79 Å². The summed E-state index contributed by atoms with van der Waals surface area (Å²) in [5.74, 6) is 1.31. The van der Waals surface area contributed by atoms with E-state index in [1.165, 1.54) is 0 Å². The van der Waals surface area contributed by atoms with Gasteiger partial charge in [0.05, 0.1) is 5.41 Å². The maximum Gasteiger partial charge on any atom is 0.407 e. The third-order valence-electron chi connectivity index (χ3n) is 4.56. The molecular formula is C18H30N2O3. The molecule has 1 fully saturated rings. The molecule has 1 N–H and O–H groups in total. The minimum absolute atomic E-state index is 0.114. The Morgan fingerprint density at radius 3 is 2.09 bits per heavy atom. The summed E-state index contributed by atoms with van der Waals surface area (Å²) in [4.78, 5) is 26.6. The van der Waals surface area contributed by atoms with Gasteiger partial charge in [-0.15, -0.1) is 0 Å². The third kappa shape index (κ3) is 4.72. The Hall–Kier alpha value is -1.52. The Labute approximate surface area is 139 Å². The van der Waals surface area contributed by atoms with Gasteiger partial charge in [0.1, 0.15) is 5.60 Å². The molecule has 2 amide bonds. The van der Waals surface area contributed by atoms with Crippen LogP contribution in [-0.2, 0) is 9.53 Å². The van der Waals surface area contributed by atoms with Crippen molar-refractivity contribution in [1.82, 2.24) is 10.2 Å². The second kappa shape index (κ2) is 6.54. The number of likely N-dealkylation sites (tertiary alicyclic amines) is 1. The van der Waals surface area contributed by atoms with Crippen molar-refractivity contribution in [2.24, 2.45) is 17.3 Å². The number of allylic oxidation sites excluding steroid dienone is 2. The predicted molar refractivity (Wildman–Crippen MR) is 90.0 cm³/mol. The monoisotopic (exact) mass is 322 g/mol. The van der Waals surface area contributed by atoms with Gasteiger partial charge >= 0.3 is 6.09 Å². The van der Waals surface area contributed by atoms with Crippen LogP contribution in [0.5, 0.6) is 0 Å². The molecule has 0 aromatic heterocycles. The molecule has 1 aliphatic heterocycles. The fourth-order valence-electron chi connectivity index (χ4n) is 3.29. The van der Waals surface area contributed by atoms with Gasteiger partial charge in [-0.3, -0.25) is 4.79 Å². The molecule has 2 atom stereocenters. The second-order valence-electron chi connectivity index (χ2n) is 8.41. The lowest BCUT2D eigenvalue weighted by atomic mass is 9.86. The minimum atomic E-state index is -0.627. The average molecular weight is 322 g/mol. The zero-order valence-corrected chi connectivity index (χ0v) is 15.0. The molecule has 23 heavy (non-hydrogen) atoms. The summed E-state index contributed by atoms with van der Waals surface area (Å²) in [7, 11) is 0. The van der Waals surface area contributed by atoms with Crippen molar-refractivity contribution < 1.29 is 14.3 Å². The normalized spacial score (nSPS) is 24.3. The van der Waals surface area contributed by atoms with Crippen LogP contribution < -0.4 is 5.32 Å². The van der Waals surface area contributed by atoms with E-state index < -0.39 is 17.1 Å². The zero-order chi connectivity index (χ0) is 17.3. The quantitative estimate of drug-likeness (QED) is 0.813. The number of fused-ring (bicyclic) bond motifs is 1. The topological polar surface area (TPSA) is 58.6 Å². The zero-order valence-electron chi connectivity index (χ0n) is 15.0. The van der Waals surface area contributed by atoms with Crippen molar-refractivity contribution in [2.75, 3.05) is 19.6 Å². The van der Waals surface area contributed by atoms with Crippen molar-refractivity contribution in [1.29, 1.82) is 0 Å². The predicted octanol–water partition coefficient (Wildman–Crippen LogP) is 2.96. The maximum absolute atomic E-state index is 12.8.